The number of fused-ring (bicyclic) bond motifs is 6. The quantitative estimate of drug-likeness (QED) is 0.186. The molecule has 0 saturated heterocycles. The Bertz CT molecular complexity index is 2910. The minimum absolute atomic E-state index is 0.609. The zero-order valence-corrected chi connectivity index (χ0v) is 27.5. The predicted molar refractivity (Wildman–Crippen MR) is 209 cm³/mol. The summed E-state index contributed by atoms with van der Waals surface area (Å²) in [6, 6.07) is 61.1. The summed E-state index contributed by atoms with van der Waals surface area (Å²) in [5, 5.41) is 6.88. The van der Waals surface area contributed by atoms with E-state index >= 15 is 0 Å². The Hall–Kier alpha value is -6.91. The van der Waals surface area contributed by atoms with E-state index in [1.165, 1.54) is 16.2 Å². The van der Waals surface area contributed by atoms with Crippen LogP contribution in [0.1, 0.15) is 0 Å². The van der Waals surface area contributed by atoms with E-state index in [1.807, 2.05) is 48.5 Å². The maximum absolute atomic E-state index is 6.59. The first-order valence-corrected chi connectivity index (χ1v) is 17.1. The van der Waals surface area contributed by atoms with Gasteiger partial charge in [-0.05, 0) is 80.2 Å². The van der Waals surface area contributed by atoms with E-state index < -0.39 is 0 Å². The standard InChI is InChI=1S/C47H29N3O/c1-3-12-30(13-4-1)34-18-11-19-36(27-34)46-48-45(32-15-5-2-6-16-32)49-47(50-46)37-24-25-42-41(28-37)44-39-21-10-9-20-38(39)40(29-43(44)51-42)35-23-22-31-14-7-8-17-33(31)26-35/h1-29H. The van der Waals surface area contributed by atoms with E-state index in [0.29, 0.717) is 17.5 Å². The smallest absolute Gasteiger partial charge is 0.164 e. The van der Waals surface area contributed by atoms with Crippen molar-refractivity contribution in [1.82, 2.24) is 15.0 Å². The number of hydrogen-bond acceptors (Lipinski definition) is 4. The van der Waals surface area contributed by atoms with E-state index in [9.17, 15) is 0 Å². The lowest BCUT2D eigenvalue weighted by molar-refractivity contribution is 0.669. The molecule has 4 nitrogen and oxygen atoms in total. The van der Waals surface area contributed by atoms with Crippen molar-refractivity contribution >= 4 is 43.5 Å². The monoisotopic (exact) mass is 651 g/mol. The fraction of sp³-hybridized carbons (Fsp3) is 0. The minimum Gasteiger partial charge on any atom is -0.456 e. The van der Waals surface area contributed by atoms with Crippen LogP contribution in [0.3, 0.4) is 0 Å². The Balaban J connectivity index is 1.15. The first-order valence-electron chi connectivity index (χ1n) is 17.1. The third-order valence-electron chi connectivity index (χ3n) is 9.69. The van der Waals surface area contributed by atoms with E-state index in [4.69, 9.17) is 19.4 Å². The normalized spacial score (nSPS) is 11.5. The fourth-order valence-electron chi connectivity index (χ4n) is 7.19. The number of nitrogens with zero attached hydrogens (tertiary/aromatic N) is 3. The van der Waals surface area contributed by atoms with Crippen molar-refractivity contribution in [1.29, 1.82) is 0 Å². The summed E-state index contributed by atoms with van der Waals surface area (Å²) in [6.45, 7) is 0. The molecule has 0 radical (unpaired) electrons. The van der Waals surface area contributed by atoms with Crippen molar-refractivity contribution in [3.63, 3.8) is 0 Å². The molecule has 0 atom stereocenters. The third-order valence-corrected chi connectivity index (χ3v) is 9.69. The van der Waals surface area contributed by atoms with Gasteiger partial charge in [-0.1, -0.05) is 140 Å². The van der Waals surface area contributed by atoms with Crippen LogP contribution >= 0.6 is 0 Å². The van der Waals surface area contributed by atoms with E-state index in [0.717, 1.165) is 66.3 Å². The number of furan rings is 1. The van der Waals surface area contributed by atoms with E-state index in [2.05, 4.69) is 127 Å². The molecule has 0 bridgehead atoms. The number of rotatable bonds is 5. The van der Waals surface area contributed by atoms with Crippen molar-refractivity contribution in [3.8, 4) is 56.4 Å². The second-order valence-corrected chi connectivity index (χ2v) is 12.8. The summed E-state index contributed by atoms with van der Waals surface area (Å²) in [7, 11) is 0. The summed E-state index contributed by atoms with van der Waals surface area (Å²) in [5.74, 6) is 1.86. The van der Waals surface area contributed by atoms with Gasteiger partial charge in [0.15, 0.2) is 17.5 Å². The van der Waals surface area contributed by atoms with E-state index in [1.54, 1.807) is 0 Å². The van der Waals surface area contributed by atoms with Gasteiger partial charge >= 0.3 is 0 Å². The van der Waals surface area contributed by atoms with Crippen LogP contribution in [0.15, 0.2) is 180 Å². The second-order valence-electron chi connectivity index (χ2n) is 12.8. The topological polar surface area (TPSA) is 51.8 Å². The van der Waals surface area contributed by atoms with Crippen LogP contribution in [0.25, 0.3) is 99.9 Å². The van der Waals surface area contributed by atoms with Crippen LogP contribution in [0.4, 0.5) is 0 Å². The molecule has 0 aliphatic carbocycles. The molecule has 8 aromatic carbocycles. The molecule has 0 aliphatic rings. The Morgan fingerprint density at radius 3 is 1.69 bits per heavy atom. The Morgan fingerprint density at radius 2 is 0.902 bits per heavy atom. The van der Waals surface area contributed by atoms with Crippen LogP contribution < -0.4 is 0 Å². The molecule has 10 rings (SSSR count). The van der Waals surface area contributed by atoms with Crippen LogP contribution in [-0.4, -0.2) is 15.0 Å². The second kappa shape index (κ2) is 11.9. The fourth-order valence-corrected chi connectivity index (χ4v) is 7.19. The summed E-state index contributed by atoms with van der Waals surface area (Å²) >= 11 is 0. The largest absolute Gasteiger partial charge is 0.456 e. The molecule has 0 aliphatic heterocycles. The lowest BCUT2D eigenvalue weighted by Gasteiger charge is -2.10. The molecular formula is C47H29N3O. The molecular weight excluding hydrogens is 623 g/mol. The maximum Gasteiger partial charge on any atom is 0.164 e. The highest BCUT2D eigenvalue weighted by Gasteiger charge is 2.18. The van der Waals surface area contributed by atoms with Crippen molar-refractivity contribution in [2.24, 2.45) is 0 Å². The van der Waals surface area contributed by atoms with Crippen LogP contribution in [0.2, 0.25) is 0 Å². The maximum atomic E-state index is 6.59. The molecule has 51 heavy (non-hydrogen) atoms. The van der Waals surface area contributed by atoms with Crippen molar-refractivity contribution in [3.05, 3.63) is 176 Å². The molecule has 0 amide bonds. The number of aromatic nitrogens is 3. The average Bonchev–Trinajstić information content (AvgIpc) is 3.59. The molecule has 10 aromatic rings. The van der Waals surface area contributed by atoms with Gasteiger partial charge in [-0.15, -0.1) is 0 Å². The summed E-state index contributed by atoms with van der Waals surface area (Å²) in [5.41, 5.74) is 9.00. The Kier molecular flexibility index (Phi) is 6.78. The van der Waals surface area contributed by atoms with Gasteiger partial charge in [-0.2, -0.15) is 0 Å². The highest BCUT2D eigenvalue weighted by molar-refractivity contribution is 6.22. The van der Waals surface area contributed by atoms with Crippen molar-refractivity contribution in [2.45, 2.75) is 0 Å². The first-order chi connectivity index (χ1) is 25.2. The SMILES string of the molecule is c1ccc(-c2cccc(-c3nc(-c4ccccc4)nc(-c4ccc5oc6cc(-c7ccc8ccccc8c7)c7ccccc7c6c5c4)n3)c2)cc1. The average molecular weight is 652 g/mol. The first kappa shape index (κ1) is 29.0. The van der Waals surface area contributed by atoms with Crippen molar-refractivity contribution in [2.75, 3.05) is 0 Å². The number of benzene rings is 8. The van der Waals surface area contributed by atoms with Crippen LogP contribution in [0, 0.1) is 0 Å². The lowest BCUT2D eigenvalue weighted by Crippen LogP contribution is -2.00. The van der Waals surface area contributed by atoms with Gasteiger partial charge in [-0.25, -0.2) is 15.0 Å². The molecule has 2 heterocycles. The van der Waals surface area contributed by atoms with Gasteiger partial charge in [0.25, 0.3) is 0 Å². The third kappa shape index (κ3) is 5.13. The summed E-state index contributed by atoms with van der Waals surface area (Å²) in [4.78, 5) is 15.1. The Labute approximate surface area is 294 Å². The Morgan fingerprint density at radius 1 is 0.314 bits per heavy atom. The highest BCUT2D eigenvalue weighted by Crippen LogP contribution is 2.41. The molecule has 0 saturated carbocycles. The van der Waals surface area contributed by atoms with E-state index in [-0.39, 0.29) is 0 Å². The van der Waals surface area contributed by atoms with Gasteiger partial charge in [0, 0.05) is 27.5 Å². The number of hydrogen-bond donors (Lipinski definition) is 0. The van der Waals surface area contributed by atoms with Gasteiger partial charge in [-0.3, -0.25) is 0 Å². The van der Waals surface area contributed by atoms with Crippen molar-refractivity contribution < 1.29 is 4.42 Å². The molecule has 2 aromatic heterocycles. The molecule has 4 heteroatoms. The minimum atomic E-state index is 0.609. The van der Waals surface area contributed by atoms with Crippen LogP contribution in [0.5, 0.6) is 0 Å². The molecule has 0 fully saturated rings. The van der Waals surface area contributed by atoms with Gasteiger partial charge in [0.2, 0.25) is 0 Å². The predicted octanol–water partition coefficient (Wildman–Crippen LogP) is 12.4. The summed E-state index contributed by atoms with van der Waals surface area (Å²) in [6.07, 6.45) is 0. The van der Waals surface area contributed by atoms with Gasteiger partial charge in [0.1, 0.15) is 11.2 Å². The molecule has 0 unspecified atom stereocenters. The molecule has 0 spiro atoms. The lowest BCUT2D eigenvalue weighted by atomic mass is 9.93. The molecule has 0 N–H and O–H groups in total. The zero-order chi connectivity index (χ0) is 33.7. The van der Waals surface area contributed by atoms with Gasteiger partial charge in [0.05, 0.1) is 0 Å². The van der Waals surface area contributed by atoms with Gasteiger partial charge < -0.3 is 4.42 Å². The van der Waals surface area contributed by atoms with Crippen LogP contribution in [-0.2, 0) is 0 Å². The summed E-state index contributed by atoms with van der Waals surface area (Å²) < 4.78 is 6.59. The molecule has 238 valence electrons. The zero-order valence-electron chi connectivity index (χ0n) is 27.5. The highest BCUT2D eigenvalue weighted by atomic mass is 16.3.